The first-order valence-electron chi connectivity index (χ1n) is 3.28. The minimum absolute atomic E-state index is 0.0873. The maximum atomic E-state index is 10.9. The molecule has 1 aromatic rings. The molecule has 1 aromatic carbocycles. The second-order valence-corrected chi connectivity index (χ2v) is 4.36. The van der Waals surface area contributed by atoms with Crippen molar-refractivity contribution >= 4 is 24.1 Å². The Hall–Kier alpha value is -0.631. The normalized spacial score (nSPS) is 9.55. The van der Waals surface area contributed by atoms with Crippen molar-refractivity contribution in [2.75, 3.05) is 6.54 Å². The molecule has 58 valence electrons. The molecule has 0 radical (unpaired) electrons. The van der Waals surface area contributed by atoms with Gasteiger partial charge in [-0.1, -0.05) is 0 Å². The van der Waals surface area contributed by atoms with Crippen molar-refractivity contribution in [3.8, 4) is 0 Å². The van der Waals surface area contributed by atoms with E-state index >= 15 is 0 Å². The molecule has 1 rings (SSSR count). The molecule has 0 aromatic heterocycles. The van der Waals surface area contributed by atoms with Crippen LogP contribution in [0.1, 0.15) is 0 Å². The first-order valence-corrected chi connectivity index (χ1v) is 5.00. The first-order chi connectivity index (χ1) is 5.33. The number of carbonyl (C=O) groups is 1. The number of nitrogens with two attached hydrogens (primary N) is 1. The van der Waals surface area contributed by atoms with Crippen LogP contribution in [0.25, 0.3) is 0 Å². The average Bonchev–Trinajstić information content (AvgIpc) is 2.06. The fourth-order valence-corrected chi connectivity index (χ4v) is 2.00. The zero-order valence-corrected chi connectivity index (χ0v) is 7.70. The van der Waals surface area contributed by atoms with Crippen LogP contribution in [0.3, 0.4) is 0 Å². The van der Waals surface area contributed by atoms with Gasteiger partial charge < -0.3 is 0 Å². The van der Waals surface area contributed by atoms with E-state index in [0.29, 0.717) is 0 Å². The summed E-state index contributed by atoms with van der Waals surface area (Å²) in [6.45, 7) is 0.162. The van der Waals surface area contributed by atoms with Crippen molar-refractivity contribution < 1.29 is 4.79 Å². The van der Waals surface area contributed by atoms with Gasteiger partial charge in [0, 0.05) is 0 Å². The fraction of sp³-hybridized carbons (Fsp3) is 0.125. The van der Waals surface area contributed by atoms with Gasteiger partial charge in [-0.15, -0.1) is 0 Å². The van der Waals surface area contributed by atoms with Crippen molar-refractivity contribution in [1.82, 2.24) is 0 Å². The van der Waals surface area contributed by atoms with Gasteiger partial charge in [0.25, 0.3) is 0 Å². The minimum atomic E-state index is -0.0873. The Morgan fingerprint density at radius 2 is 2.00 bits per heavy atom. The second kappa shape index (κ2) is 4.29. The molecule has 0 fully saturated rings. The molecule has 0 heterocycles. The molecule has 2 nitrogen and oxygen atoms in total. The molecule has 0 aliphatic carbocycles. The summed E-state index contributed by atoms with van der Waals surface area (Å²) in [5.74, 6) is 0. The summed E-state index contributed by atoms with van der Waals surface area (Å²) in [6, 6.07) is 9.70. The summed E-state index contributed by atoms with van der Waals surface area (Å²) in [5, 5.41) is 0. The molecule has 0 saturated carbocycles. The van der Waals surface area contributed by atoms with E-state index in [4.69, 9.17) is 5.73 Å². The molecule has 2 N–H and O–H groups in total. The van der Waals surface area contributed by atoms with Crippen LogP contribution in [0.5, 0.6) is 0 Å². The van der Waals surface area contributed by atoms with Gasteiger partial charge in [0.05, 0.1) is 0 Å². The SMILES string of the molecule is NCC(=O)[Se]c1ccccc1. The Bertz CT molecular complexity index is 235. The molecular weight excluding hydrogens is 205 g/mol. The van der Waals surface area contributed by atoms with E-state index in [1.54, 1.807) is 0 Å². The zero-order chi connectivity index (χ0) is 8.10. The van der Waals surface area contributed by atoms with Crippen molar-refractivity contribution in [3.63, 3.8) is 0 Å². The van der Waals surface area contributed by atoms with Crippen molar-refractivity contribution in [2.24, 2.45) is 5.73 Å². The van der Waals surface area contributed by atoms with Crippen LogP contribution in [0.4, 0.5) is 0 Å². The number of rotatable bonds is 3. The van der Waals surface area contributed by atoms with Crippen LogP contribution < -0.4 is 10.2 Å². The molecular formula is C8H9NOSe. The number of hydrogen-bond acceptors (Lipinski definition) is 2. The van der Waals surface area contributed by atoms with E-state index in [1.807, 2.05) is 30.3 Å². The predicted molar refractivity (Wildman–Crippen MR) is 45.9 cm³/mol. The van der Waals surface area contributed by atoms with Crippen LogP contribution in [-0.2, 0) is 4.79 Å². The molecule has 0 aliphatic rings. The Kier molecular flexibility index (Phi) is 3.30. The molecule has 0 bridgehead atoms. The molecule has 3 heteroatoms. The molecule has 0 atom stereocenters. The van der Waals surface area contributed by atoms with E-state index in [-0.39, 0.29) is 26.2 Å². The Labute approximate surface area is 71.9 Å². The van der Waals surface area contributed by atoms with Gasteiger partial charge in [-0.25, -0.2) is 0 Å². The van der Waals surface area contributed by atoms with Gasteiger partial charge in [0.1, 0.15) is 0 Å². The van der Waals surface area contributed by atoms with Crippen LogP contribution in [-0.4, -0.2) is 26.2 Å². The third-order valence-corrected chi connectivity index (χ3v) is 3.03. The number of carbonyl (C=O) groups excluding carboxylic acids is 1. The van der Waals surface area contributed by atoms with Gasteiger partial charge in [-0.3, -0.25) is 0 Å². The first kappa shape index (κ1) is 8.47. The van der Waals surface area contributed by atoms with E-state index in [1.165, 1.54) is 0 Å². The van der Waals surface area contributed by atoms with E-state index in [9.17, 15) is 4.79 Å². The molecule has 0 aliphatic heterocycles. The molecule has 0 unspecified atom stereocenters. The Morgan fingerprint density at radius 3 is 2.55 bits per heavy atom. The fourth-order valence-electron chi connectivity index (χ4n) is 0.662. The third kappa shape index (κ3) is 2.85. The average molecular weight is 214 g/mol. The van der Waals surface area contributed by atoms with Crippen molar-refractivity contribution in [2.45, 2.75) is 0 Å². The molecule has 11 heavy (non-hydrogen) atoms. The van der Waals surface area contributed by atoms with Gasteiger partial charge in [0.15, 0.2) is 0 Å². The summed E-state index contributed by atoms with van der Waals surface area (Å²) >= 11 is -0.0873. The van der Waals surface area contributed by atoms with E-state index in [0.717, 1.165) is 4.46 Å². The number of benzene rings is 1. The topological polar surface area (TPSA) is 43.1 Å². The van der Waals surface area contributed by atoms with Crippen molar-refractivity contribution in [1.29, 1.82) is 0 Å². The molecule has 0 spiro atoms. The van der Waals surface area contributed by atoms with Crippen molar-refractivity contribution in [3.05, 3.63) is 30.3 Å². The Balaban J connectivity index is 2.58. The quantitative estimate of drug-likeness (QED) is 0.689. The summed E-state index contributed by atoms with van der Waals surface area (Å²) in [4.78, 5) is 10.9. The zero-order valence-electron chi connectivity index (χ0n) is 5.99. The molecule has 0 saturated heterocycles. The maximum absolute atomic E-state index is 10.9. The summed E-state index contributed by atoms with van der Waals surface area (Å²) < 4.78 is 1.24. The van der Waals surface area contributed by atoms with E-state index < -0.39 is 0 Å². The predicted octanol–water partition coefficient (Wildman–Crippen LogP) is -0.499. The summed E-state index contributed by atoms with van der Waals surface area (Å²) in [6.07, 6.45) is 0. The van der Waals surface area contributed by atoms with Crippen LogP contribution in [0, 0.1) is 0 Å². The van der Waals surface area contributed by atoms with E-state index in [2.05, 4.69) is 0 Å². The van der Waals surface area contributed by atoms with Crippen LogP contribution >= 0.6 is 0 Å². The summed E-state index contributed by atoms with van der Waals surface area (Å²) in [5.41, 5.74) is 5.19. The third-order valence-electron chi connectivity index (χ3n) is 1.14. The van der Waals surface area contributed by atoms with Gasteiger partial charge in [0.2, 0.25) is 0 Å². The van der Waals surface area contributed by atoms with Crippen LogP contribution in [0.2, 0.25) is 0 Å². The monoisotopic (exact) mass is 215 g/mol. The van der Waals surface area contributed by atoms with Gasteiger partial charge in [-0.2, -0.15) is 0 Å². The van der Waals surface area contributed by atoms with Gasteiger partial charge >= 0.3 is 71.5 Å². The summed E-state index contributed by atoms with van der Waals surface area (Å²) in [7, 11) is 0. The van der Waals surface area contributed by atoms with Crippen LogP contribution in [0.15, 0.2) is 30.3 Å². The number of hydrogen-bond donors (Lipinski definition) is 1. The standard InChI is InChI=1S/C8H9NOSe/c9-6-8(10)11-7-4-2-1-3-5-7/h1-5H,6,9H2. The Morgan fingerprint density at radius 1 is 1.36 bits per heavy atom. The van der Waals surface area contributed by atoms with Gasteiger partial charge in [-0.05, 0) is 0 Å². The second-order valence-electron chi connectivity index (χ2n) is 1.99. The molecule has 0 amide bonds.